The summed E-state index contributed by atoms with van der Waals surface area (Å²) in [6.45, 7) is 4.25. The van der Waals surface area contributed by atoms with Crippen LogP contribution in [0.25, 0.3) is 0 Å². The van der Waals surface area contributed by atoms with Crippen LogP contribution in [-0.4, -0.2) is 25.6 Å². The van der Waals surface area contributed by atoms with E-state index >= 15 is 0 Å². The second-order valence-corrected chi connectivity index (χ2v) is 8.12. The number of ether oxygens (including phenoxy) is 2. The predicted octanol–water partition coefficient (Wildman–Crippen LogP) is 4.96. The maximum Gasteiger partial charge on any atom is 0.341 e. The summed E-state index contributed by atoms with van der Waals surface area (Å²) in [6.07, 6.45) is 2.74. The molecule has 1 heterocycles. The van der Waals surface area contributed by atoms with E-state index in [-0.39, 0.29) is 12.5 Å². The van der Waals surface area contributed by atoms with Gasteiger partial charge in [-0.3, -0.25) is 4.79 Å². The Hall–Kier alpha value is -2.05. The second kappa shape index (κ2) is 8.31. The zero-order chi connectivity index (χ0) is 19.6. The van der Waals surface area contributed by atoms with Crippen molar-refractivity contribution in [3.05, 3.63) is 44.8 Å². The maximum absolute atomic E-state index is 12.9. The van der Waals surface area contributed by atoms with E-state index in [2.05, 4.69) is 12.2 Å². The highest BCUT2D eigenvalue weighted by atomic mass is 35.5. The van der Waals surface area contributed by atoms with Gasteiger partial charge in [0, 0.05) is 9.90 Å². The first-order valence-corrected chi connectivity index (χ1v) is 10.1. The normalized spacial score (nSPS) is 15.8. The summed E-state index contributed by atoms with van der Waals surface area (Å²) in [5, 5.41) is 3.84. The summed E-state index contributed by atoms with van der Waals surface area (Å²) in [7, 11) is 1.50. The number of carbonyl (C=O) groups is 2. The number of nitrogens with one attached hydrogen (secondary N) is 1. The Morgan fingerprint density at radius 1 is 1.37 bits per heavy atom. The fourth-order valence-electron chi connectivity index (χ4n) is 3.29. The van der Waals surface area contributed by atoms with E-state index in [9.17, 15) is 9.59 Å². The number of halogens is 1. The standard InChI is InChI=1S/C20H22ClNO4S/c1-4-26-20(24)17-13-7-5-11(2)9-16(13)27-19(17)22-18(23)14-10-12(21)6-8-15(14)25-3/h6,8,10-11H,4-5,7,9H2,1-3H3,(H,22,23)/t11-/m1/s1. The quantitative estimate of drug-likeness (QED) is 0.711. The summed E-state index contributed by atoms with van der Waals surface area (Å²) in [5.74, 6) is 0.219. The highest BCUT2D eigenvalue weighted by molar-refractivity contribution is 7.17. The fourth-order valence-corrected chi connectivity index (χ4v) is 4.85. The van der Waals surface area contributed by atoms with Crippen molar-refractivity contribution < 1.29 is 19.1 Å². The molecule has 0 saturated carbocycles. The Kier molecular flexibility index (Phi) is 6.07. The van der Waals surface area contributed by atoms with Crippen molar-refractivity contribution in [2.24, 2.45) is 5.92 Å². The molecule has 1 aliphatic rings. The molecule has 0 spiro atoms. The molecule has 1 N–H and O–H groups in total. The van der Waals surface area contributed by atoms with Crippen LogP contribution >= 0.6 is 22.9 Å². The van der Waals surface area contributed by atoms with Crippen molar-refractivity contribution in [3.8, 4) is 5.75 Å². The number of fused-ring (bicyclic) bond motifs is 1. The van der Waals surface area contributed by atoms with Gasteiger partial charge >= 0.3 is 5.97 Å². The van der Waals surface area contributed by atoms with Crippen LogP contribution in [0.1, 0.15) is 51.4 Å². The number of amides is 1. The summed E-state index contributed by atoms with van der Waals surface area (Å²) in [5.41, 5.74) is 1.81. The van der Waals surface area contributed by atoms with E-state index in [0.29, 0.717) is 32.8 Å². The highest BCUT2D eigenvalue weighted by Gasteiger charge is 2.29. The maximum atomic E-state index is 12.9. The zero-order valence-corrected chi connectivity index (χ0v) is 17.1. The molecule has 0 unspecified atom stereocenters. The van der Waals surface area contributed by atoms with Crippen molar-refractivity contribution in [1.82, 2.24) is 0 Å². The molecule has 0 saturated heterocycles. The third-order valence-electron chi connectivity index (χ3n) is 4.62. The van der Waals surface area contributed by atoms with Crippen LogP contribution in [0, 0.1) is 5.92 Å². The van der Waals surface area contributed by atoms with Crippen LogP contribution in [0.2, 0.25) is 5.02 Å². The van der Waals surface area contributed by atoms with Gasteiger partial charge in [-0.15, -0.1) is 11.3 Å². The number of carbonyl (C=O) groups excluding carboxylic acids is 2. The summed E-state index contributed by atoms with van der Waals surface area (Å²) >= 11 is 7.49. The lowest BCUT2D eigenvalue weighted by atomic mass is 9.88. The van der Waals surface area contributed by atoms with E-state index in [1.54, 1.807) is 25.1 Å². The molecule has 27 heavy (non-hydrogen) atoms. The van der Waals surface area contributed by atoms with Crippen LogP contribution < -0.4 is 10.1 Å². The number of hydrogen-bond acceptors (Lipinski definition) is 5. The van der Waals surface area contributed by atoms with Crippen LogP contribution in [-0.2, 0) is 17.6 Å². The predicted molar refractivity (Wildman–Crippen MR) is 107 cm³/mol. The van der Waals surface area contributed by atoms with Gasteiger partial charge in [0.15, 0.2) is 0 Å². The van der Waals surface area contributed by atoms with E-state index in [0.717, 1.165) is 29.7 Å². The molecule has 0 fully saturated rings. The number of methoxy groups -OCH3 is 1. The van der Waals surface area contributed by atoms with E-state index < -0.39 is 5.97 Å². The van der Waals surface area contributed by atoms with Crippen molar-refractivity contribution in [2.45, 2.75) is 33.1 Å². The molecule has 1 aliphatic carbocycles. The van der Waals surface area contributed by atoms with Crippen LogP contribution in [0.4, 0.5) is 5.00 Å². The topological polar surface area (TPSA) is 64.6 Å². The summed E-state index contributed by atoms with van der Waals surface area (Å²) < 4.78 is 10.5. The van der Waals surface area contributed by atoms with Crippen molar-refractivity contribution in [1.29, 1.82) is 0 Å². The van der Waals surface area contributed by atoms with Gasteiger partial charge in [-0.1, -0.05) is 18.5 Å². The third-order valence-corrected chi connectivity index (χ3v) is 6.03. The monoisotopic (exact) mass is 407 g/mol. The molecule has 0 bridgehead atoms. The van der Waals surface area contributed by atoms with Gasteiger partial charge in [-0.05, 0) is 55.9 Å². The lowest BCUT2D eigenvalue weighted by Gasteiger charge is -2.18. The summed E-state index contributed by atoms with van der Waals surface area (Å²) in [4.78, 5) is 26.6. The van der Waals surface area contributed by atoms with E-state index in [4.69, 9.17) is 21.1 Å². The van der Waals surface area contributed by atoms with Gasteiger partial charge in [-0.2, -0.15) is 0 Å². The Balaban J connectivity index is 1.98. The second-order valence-electron chi connectivity index (χ2n) is 6.58. The van der Waals surface area contributed by atoms with Gasteiger partial charge < -0.3 is 14.8 Å². The largest absolute Gasteiger partial charge is 0.496 e. The minimum Gasteiger partial charge on any atom is -0.496 e. The molecular weight excluding hydrogens is 386 g/mol. The lowest BCUT2D eigenvalue weighted by Crippen LogP contribution is -2.17. The molecule has 144 valence electrons. The average Bonchev–Trinajstić information content (AvgIpc) is 2.98. The Bertz CT molecular complexity index is 877. The molecule has 0 radical (unpaired) electrons. The number of benzene rings is 1. The molecule has 5 nitrogen and oxygen atoms in total. The smallest absolute Gasteiger partial charge is 0.341 e. The minimum atomic E-state index is -0.391. The van der Waals surface area contributed by atoms with Crippen LogP contribution in [0.5, 0.6) is 5.75 Å². The van der Waals surface area contributed by atoms with E-state index in [1.165, 1.54) is 18.4 Å². The Labute approximate surface area is 167 Å². The first-order valence-electron chi connectivity index (χ1n) is 8.91. The SMILES string of the molecule is CCOC(=O)c1c(NC(=O)c2cc(Cl)ccc2OC)sc2c1CC[C@@H](C)C2. The molecule has 1 amide bonds. The molecule has 0 aliphatic heterocycles. The minimum absolute atomic E-state index is 0.287. The molecule has 7 heteroatoms. The highest BCUT2D eigenvalue weighted by Crippen LogP contribution is 2.40. The van der Waals surface area contributed by atoms with Gasteiger partial charge in [-0.25, -0.2) is 4.79 Å². The number of thiophene rings is 1. The molecule has 2 aromatic rings. The molecule has 1 aromatic heterocycles. The number of anilines is 1. The number of hydrogen-bond donors (Lipinski definition) is 1. The van der Waals surface area contributed by atoms with Gasteiger partial charge in [0.2, 0.25) is 0 Å². The first-order chi connectivity index (χ1) is 12.9. The lowest BCUT2D eigenvalue weighted by molar-refractivity contribution is 0.0526. The number of rotatable bonds is 5. The van der Waals surface area contributed by atoms with Gasteiger partial charge in [0.25, 0.3) is 5.91 Å². The fraction of sp³-hybridized carbons (Fsp3) is 0.400. The Morgan fingerprint density at radius 3 is 2.85 bits per heavy atom. The molecular formula is C20H22ClNO4S. The average molecular weight is 408 g/mol. The first kappa shape index (κ1) is 19.7. The molecule has 1 aromatic carbocycles. The van der Waals surface area contributed by atoms with Crippen molar-refractivity contribution >= 4 is 39.8 Å². The number of esters is 1. The van der Waals surface area contributed by atoms with Crippen LogP contribution in [0.15, 0.2) is 18.2 Å². The third kappa shape index (κ3) is 4.12. The van der Waals surface area contributed by atoms with Gasteiger partial charge in [0.1, 0.15) is 10.8 Å². The summed E-state index contributed by atoms with van der Waals surface area (Å²) in [6, 6.07) is 4.85. The molecule has 1 atom stereocenters. The van der Waals surface area contributed by atoms with E-state index in [1.807, 2.05) is 0 Å². The zero-order valence-electron chi connectivity index (χ0n) is 15.6. The van der Waals surface area contributed by atoms with Crippen molar-refractivity contribution in [3.63, 3.8) is 0 Å². The Morgan fingerprint density at radius 2 is 2.15 bits per heavy atom. The molecule has 3 rings (SSSR count). The van der Waals surface area contributed by atoms with Crippen molar-refractivity contribution in [2.75, 3.05) is 19.0 Å². The van der Waals surface area contributed by atoms with Crippen LogP contribution in [0.3, 0.4) is 0 Å². The van der Waals surface area contributed by atoms with Gasteiger partial charge in [0.05, 0.1) is 24.8 Å².